The number of rotatable bonds is 2. The van der Waals surface area contributed by atoms with Crippen LogP contribution in [0.2, 0.25) is 0 Å². The van der Waals surface area contributed by atoms with Gasteiger partial charge in [0.2, 0.25) is 5.78 Å². The van der Waals surface area contributed by atoms with Gasteiger partial charge in [-0.1, -0.05) is 30.3 Å². The molecule has 0 spiro atoms. The number of hydrogen-bond acceptors (Lipinski definition) is 3. The number of hydrogen-bond donors (Lipinski definition) is 1. The maximum absolute atomic E-state index is 12.6. The predicted octanol–water partition coefficient (Wildman–Crippen LogP) is 3.34. The summed E-state index contributed by atoms with van der Waals surface area (Å²) in [5.74, 6) is -0.120. The van der Waals surface area contributed by atoms with Crippen LogP contribution in [0.25, 0.3) is 21.9 Å². The van der Waals surface area contributed by atoms with Crippen LogP contribution < -0.4 is 0 Å². The lowest BCUT2D eigenvalue weighted by molar-refractivity contribution is 0.103. The van der Waals surface area contributed by atoms with Gasteiger partial charge in [-0.2, -0.15) is 0 Å². The molecule has 0 aliphatic rings. The minimum atomic E-state index is -0.120. The van der Waals surface area contributed by atoms with Gasteiger partial charge in [0.1, 0.15) is 5.69 Å². The third kappa shape index (κ3) is 1.89. The molecular formula is C17H11N3O. The van der Waals surface area contributed by atoms with E-state index >= 15 is 0 Å². The number of fused-ring (bicyclic) bond motifs is 2. The Balaban J connectivity index is 1.86. The second-order valence-corrected chi connectivity index (χ2v) is 4.82. The standard InChI is InChI=1S/C17H11N3O/c21-17(12-9-18-13-6-2-1-5-11(12)13)16-10-19-14-7-3-4-8-15(14)20-16/h1-10,18H. The smallest absolute Gasteiger partial charge is 0.215 e. The second-order valence-electron chi connectivity index (χ2n) is 4.82. The average molecular weight is 273 g/mol. The molecule has 0 aliphatic heterocycles. The van der Waals surface area contributed by atoms with E-state index < -0.39 is 0 Å². The highest BCUT2D eigenvalue weighted by molar-refractivity contribution is 6.15. The van der Waals surface area contributed by atoms with Crippen LogP contribution >= 0.6 is 0 Å². The molecular weight excluding hydrogens is 262 g/mol. The van der Waals surface area contributed by atoms with E-state index in [-0.39, 0.29) is 5.78 Å². The summed E-state index contributed by atoms with van der Waals surface area (Å²) >= 11 is 0. The van der Waals surface area contributed by atoms with E-state index in [0.717, 1.165) is 21.9 Å². The number of para-hydroxylation sites is 3. The fraction of sp³-hybridized carbons (Fsp3) is 0. The molecule has 0 atom stereocenters. The molecule has 0 saturated heterocycles. The minimum Gasteiger partial charge on any atom is -0.360 e. The van der Waals surface area contributed by atoms with Crippen LogP contribution in [-0.2, 0) is 0 Å². The first-order valence-corrected chi connectivity index (χ1v) is 6.65. The molecule has 0 amide bonds. The van der Waals surface area contributed by atoms with Crippen LogP contribution in [0.15, 0.2) is 60.9 Å². The Morgan fingerprint density at radius 1 is 0.952 bits per heavy atom. The lowest BCUT2D eigenvalue weighted by Gasteiger charge is -2.01. The van der Waals surface area contributed by atoms with Crippen LogP contribution in [-0.4, -0.2) is 20.7 Å². The summed E-state index contributed by atoms with van der Waals surface area (Å²) in [6.45, 7) is 0. The van der Waals surface area contributed by atoms with Crippen molar-refractivity contribution in [3.8, 4) is 0 Å². The van der Waals surface area contributed by atoms with E-state index in [1.807, 2.05) is 48.5 Å². The van der Waals surface area contributed by atoms with Crippen LogP contribution in [0.5, 0.6) is 0 Å². The van der Waals surface area contributed by atoms with E-state index in [4.69, 9.17) is 0 Å². The Morgan fingerprint density at radius 2 is 1.71 bits per heavy atom. The number of carbonyl (C=O) groups excluding carboxylic acids is 1. The zero-order valence-electron chi connectivity index (χ0n) is 11.1. The number of ketones is 1. The first kappa shape index (κ1) is 11.8. The number of aromatic nitrogens is 3. The van der Waals surface area contributed by atoms with Crippen molar-refractivity contribution in [3.63, 3.8) is 0 Å². The topological polar surface area (TPSA) is 58.6 Å². The van der Waals surface area contributed by atoms with E-state index in [1.54, 1.807) is 6.20 Å². The molecule has 0 aliphatic carbocycles. The van der Waals surface area contributed by atoms with Crippen molar-refractivity contribution >= 4 is 27.7 Å². The Bertz CT molecular complexity index is 972. The fourth-order valence-corrected chi connectivity index (χ4v) is 2.46. The summed E-state index contributed by atoms with van der Waals surface area (Å²) in [5.41, 5.74) is 3.43. The van der Waals surface area contributed by atoms with Crippen molar-refractivity contribution in [2.24, 2.45) is 0 Å². The zero-order valence-corrected chi connectivity index (χ0v) is 11.1. The molecule has 2 aromatic heterocycles. The molecule has 4 aromatic rings. The van der Waals surface area contributed by atoms with E-state index in [0.29, 0.717) is 11.3 Å². The molecule has 4 nitrogen and oxygen atoms in total. The average Bonchev–Trinajstić information content (AvgIpc) is 2.98. The van der Waals surface area contributed by atoms with Crippen LogP contribution in [0, 0.1) is 0 Å². The van der Waals surface area contributed by atoms with Crippen LogP contribution in [0.4, 0.5) is 0 Å². The molecule has 21 heavy (non-hydrogen) atoms. The Morgan fingerprint density at radius 3 is 2.62 bits per heavy atom. The zero-order chi connectivity index (χ0) is 14.2. The van der Waals surface area contributed by atoms with Crippen LogP contribution in [0.1, 0.15) is 16.1 Å². The first-order chi connectivity index (χ1) is 10.3. The number of aromatic amines is 1. The van der Waals surface area contributed by atoms with E-state index in [9.17, 15) is 4.79 Å². The lowest BCUT2D eigenvalue weighted by atomic mass is 10.1. The molecule has 0 unspecified atom stereocenters. The number of benzene rings is 2. The summed E-state index contributed by atoms with van der Waals surface area (Å²) in [5, 5.41) is 0.900. The van der Waals surface area contributed by atoms with Gasteiger partial charge in [0, 0.05) is 22.7 Å². The van der Waals surface area contributed by atoms with Crippen LogP contribution in [0.3, 0.4) is 0 Å². The maximum Gasteiger partial charge on any atom is 0.215 e. The molecule has 4 heteroatoms. The molecule has 0 saturated carbocycles. The number of H-pyrrole nitrogens is 1. The number of nitrogens with zero attached hydrogens (tertiary/aromatic N) is 2. The summed E-state index contributed by atoms with van der Waals surface area (Å²) in [7, 11) is 0. The third-order valence-corrected chi connectivity index (χ3v) is 3.52. The third-order valence-electron chi connectivity index (χ3n) is 3.52. The van der Waals surface area contributed by atoms with Crippen molar-refractivity contribution < 1.29 is 4.79 Å². The summed E-state index contributed by atoms with van der Waals surface area (Å²) in [6.07, 6.45) is 3.26. The predicted molar refractivity (Wildman–Crippen MR) is 81.3 cm³/mol. The van der Waals surface area contributed by atoms with E-state index in [2.05, 4.69) is 15.0 Å². The van der Waals surface area contributed by atoms with Crippen molar-refractivity contribution in [1.82, 2.24) is 15.0 Å². The molecule has 0 radical (unpaired) electrons. The number of nitrogens with one attached hydrogen (secondary N) is 1. The fourth-order valence-electron chi connectivity index (χ4n) is 2.46. The molecule has 2 aromatic carbocycles. The SMILES string of the molecule is O=C(c1cnc2ccccc2n1)c1c[nH]c2ccccc12. The normalized spacial score (nSPS) is 11.0. The Labute approximate surface area is 120 Å². The van der Waals surface area contributed by atoms with Gasteiger partial charge >= 0.3 is 0 Å². The highest BCUT2D eigenvalue weighted by Gasteiger charge is 2.16. The molecule has 4 rings (SSSR count). The van der Waals surface area contributed by atoms with Gasteiger partial charge in [0.05, 0.1) is 17.2 Å². The van der Waals surface area contributed by atoms with Gasteiger partial charge in [0.25, 0.3) is 0 Å². The molecule has 1 N–H and O–H groups in total. The van der Waals surface area contributed by atoms with Crippen molar-refractivity contribution in [2.45, 2.75) is 0 Å². The quantitative estimate of drug-likeness (QED) is 0.570. The second kappa shape index (κ2) is 4.52. The molecule has 100 valence electrons. The monoisotopic (exact) mass is 273 g/mol. The lowest BCUT2D eigenvalue weighted by Crippen LogP contribution is -2.04. The summed E-state index contributed by atoms with van der Waals surface area (Å²) in [6, 6.07) is 15.2. The van der Waals surface area contributed by atoms with Crippen molar-refractivity contribution in [2.75, 3.05) is 0 Å². The van der Waals surface area contributed by atoms with Gasteiger partial charge in [-0.25, -0.2) is 4.98 Å². The van der Waals surface area contributed by atoms with Crippen molar-refractivity contribution in [1.29, 1.82) is 0 Å². The summed E-state index contributed by atoms with van der Waals surface area (Å²) in [4.78, 5) is 24.5. The molecule has 2 heterocycles. The first-order valence-electron chi connectivity index (χ1n) is 6.65. The van der Waals surface area contributed by atoms with Gasteiger partial charge in [0.15, 0.2) is 0 Å². The van der Waals surface area contributed by atoms with Gasteiger partial charge < -0.3 is 4.98 Å². The Hall–Kier alpha value is -3.01. The van der Waals surface area contributed by atoms with Gasteiger partial charge in [-0.05, 0) is 18.2 Å². The number of carbonyl (C=O) groups is 1. The maximum atomic E-state index is 12.6. The van der Waals surface area contributed by atoms with Gasteiger partial charge in [-0.3, -0.25) is 9.78 Å². The van der Waals surface area contributed by atoms with E-state index in [1.165, 1.54) is 6.20 Å². The summed E-state index contributed by atoms with van der Waals surface area (Å²) < 4.78 is 0. The molecule has 0 bridgehead atoms. The van der Waals surface area contributed by atoms with Gasteiger partial charge in [-0.15, -0.1) is 0 Å². The highest BCUT2D eigenvalue weighted by Crippen LogP contribution is 2.20. The molecule has 0 fully saturated rings. The Kier molecular flexibility index (Phi) is 2.54. The largest absolute Gasteiger partial charge is 0.360 e. The minimum absolute atomic E-state index is 0.120. The highest BCUT2D eigenvalue weighted by atomic mass is 16.1. The van der Waals surface area contributed by atoms with Crippen molar-refractivity contribution in [3.05, 3.63) is 72.2 Å².